The van der Waals surface area contributed by atoms with Crippen LogP contribution in [0.4, 0.5) is 0 Å². The molecular formula is C12H17O3. The van der Waals surface area contributed by atoms with Gasteiger partial charge in [-0.15, -0.1) is 0 Å². The van der Waals surface area contributed by atoms with Crippen molar-refractivity contribution in [3.05, 3.63) is 18.2 Å². The third kappa shape index (κ3) is 3.70. The van der Waals surface area contributed by atoms with E-state index in [0.29, 0.717) is 11.5 Å². The molecule has 15 heavy (non-hydrogen) atoms. The van der Waals surface area contributed by atoms with Crippen molar-refractivity contribution in [3.8, 4) is 17.2 Å². The Bertz CT molecular complexity index is 304. The standard InChI is InChI=1S/C12H17O3/c1-12(2,3)15-11-7-9(13-4)6-10(8-11)14-5/h7-8H,1-5H3. The van der Waals surface area contributed by atoms with E-state index >= 15 is 0 Å². The fraction of sp³-hybridized carbons (Fsp3) is 0.500. The van der Waals surface area contributed by atoms with E-state index in [1.807, 2.05) is 20.8 Å². The molecule has 0 heterocycles. The number of rotatable bonds is 3. The van der Waals surface area contributed by atoms with Crippen molar-refractivity contribution in [2.45, 2.75) is 26.4 Å². The van der Waals surface area contributed by atoms with E-state index in [0.717, 1.165) is 5.75 Å². The highest BCUT2D eigenvalue weighted by molar-refractivity contribution is 5.40. The molecule has 0 fully saturated rings. The maximum absolute atomic E-state index is 5.71. The molecule has 0 aromatic heterocycles. The number of methoxy groups -OCH3 is 2. The predicted molar refractivity (Wildman–Crippen MR) is 58.8 cm³/mol. The maximum atomic E-state index is 5.71. The molecule has 1 aromatic rings. The molecular weight excluding hydrogens is 192 g/mol. The van der Waals surface area contributed by atoms with Crippen LogP contribution >= 0.6 is 0 Å². The van der Waals surface area contributed by atoms with Crippen molar-refractivity contribution in [2.75, 3.05) is 14.2 Å². The van der Waals surface area contributed by atoms with Gasteiger partial charge in [0.1, 0.15) is 22.8 Å². The van der Waals surface area contributed by atoms with Crippen LogP contribution in [0.5, 0.6) is 17.2 Å². The van der Waals surface area contributed by atoms with E-state index in [-0.39, 0.29) is 5.60 Å². The number of benzene rings is 1. The molecule has 83 valence electrons. The molecule has 0 saturated carbocycles. The van der Waals surface area contributed by atoms with Gasteiger partial charge in [0.25, 0.3) is 0 Å². The first-order valence-electron chi connectivity index (χ1n) is 4.79. The van der Waals surface area contributed by atoms with E-state index in [4.69, 9.17) is 14.2 Å². The number of hydrogen-bond donors (Lipinski definition) is 0. The Morgan fingerprint density at radius 1 is 1.00 bits per heavy atom. The molecule has 0 saturated heterocycles. The lowest BCUT2D eigenvalue weighted by Crippen LogP contribution is -2.22. The highest BCUT2D eigenvalue weighted by Crippen LogP contribution is 2.28. The second-order valence-electron chi connectivity index (χ2n) is 4.17. The fourth-order valence-corrected chi connectivity index (χ4v) is 1.13. The molecule has 0 atom stereocenters. The molecule has 0 aliphatic heterocycles. The molecule has 1 aromatic carbocycles. The molecule has 0 amide bonds. The van der Waals surface area contributed by atoms with Gasteiger partial charge in [-0.2, -0.15) is 0 Å². The van der Waals surface area contributed by atoms with Gasteiger partial charge in [-0.25, -0.2) is 0 Å². The third-order valence-corrected chi connectivity index (χ3v) is 1.66. The lowest BCUT2D eigenvalue weighted by atomic mass is 10.2. The number of ether oxygens (including phenoxy) is 3. The van der Waals surface area contributed by atoms with Crippen molar-refractivity contribution >= 4 is 0 Å². The summed E-state index contributed by atoms with van der Waals surface area (Å²) in [4.78, 5) is 0. The summed E-state index contributed by atoms with van der Waals surface area (Å²) in [5.74, 6) is 1.93. The first kappa shape index (κ1) is 11.7. The largest absolute Gasteiger partial charge is 0.496 e. The molecule has 0 unspecified atom stereocenters. The van der Waals surface area contributed by atoms with Gasteiger partial charge in [-0.3, -0.25) is 0 Å². The van der Waals surface area contributed by atoms with Crippen LogP contribution < -0.4 is 14.2 Å². The van der Waals surface area contributed by atoms with Gasteiger partial charge in [0.15, 0.2) is 0 Å². The summed E-state index contributed by atoms with van der Waals surface area (Å²) in [6, 6.07) is 6.52. The minimum Gasteiger partial charge on any atom is -0.496 e. The first-order chi connectivity index (χ1) is 6.94. The third-order valence-electron chi connectivity index (χ3n) is 1.66. The SMILES string of the molecule is COc1[c]c(OC)cc(OC(C)(C)C)c1. The van der Waals surface area contributed by atoms with Crippen molar-refractivity contribution in [2.24, 2.45) is 0 Å². The Balaban J connectivity index is 2.97. The highest BCUT2D eigenvalue weighted by atomic mass is 16.5. The Labute approximate surface area is 91.0 Å². The van der Waals surface area contributed by atoms with Crippen molar-refractivity contribution in [1.29, 1.82) is 0 Å². The smallest absolute Gasteiger partial charge is 0.134 e. The van der Waals surface area contributed by atoms with Crippen LogP contribution in [0.25, 0.3) is 0 Å². The second-order valence-corrected chi connectivity index (χ2v) is 4.17. The van der Waals surface area contributed by atoms with E-state index in [2.05, 4.69) is 6.07 Å². The molecule has 0 spiro atoms. The highest BCUT2D eigenvalue weighted by Gasteiger charge is 2.13. The summed E-state index contributed by atoms with van der Waals surface area (Å²) in [6.07, 6.45) is 0. The summed E-state index contributed by atoms with van der Waals surface area (Å²) >= 11 is 0. The lowest BCUT2D eigenvalue weighted by molar-refractivity contribution is 0.130. The van der Waals surface area contributed by atoms with Crippen molar-refractivity contribution in [3.63, 3.8) is 0 Å². The van der Waals surface area contributed by atoms with Gasteiger partial charge in [-0.05, 0) is 20.8 Å². The maximum Gasteiger partial charge on any atom is 0.134 e. The van der Waals surface area contributed by atoms with E-state index in [9.17, 15) is 0 Å². The van der Waals surface area contributed by atoms with Crippen LogP contribution in [0.15, 0.2) is 12.1 Å². The zero-order chi connectivity index (χ0) is 11.5. The van der Waals surface area contributed by atoms with E-state index in [1.54, 1.807) is 26.4 Å². The van der Waals surface area contributed by atoms with E-state index < -0.39 is 0 Å². The zero-order valence-corrected chi connectivity index (χ0v) is 9.88. The quantitative estimate of drug-likeness (QED) is 0.766. The lowest BCUT2D eigenvalue weighted by Gasteiger charge is -2.21. The topological polar surface area (TPSA) is 27.7 Å². The Morgan fingerprint density at radius 2 is 1.47 bits per heavy atom. The Kier molecular flexibility index (Phi) is 3.45. The van der Waals surface area contributed by atoms with Crippen LogP contribution in [-0.4, -0.2) is 19.8 Å². The summed E-state index contributed by atoms with van der Waals surface area (Å²) in [5, 5.41) is 0. The molecule has 0 N–H and O–H groups in total. The van der Waals surface area contributed by atoms with Crippen LogP contribution in [0.2, 0.25) is 0 Å². The van der Waals surface area contributed by atoms with Gasteiger partial charge in [0.05, 0.1) is 20.3 Å². The molecule has 0 bridgehead atoms. The summed E-state index contributed by atoms with van der Waals surface area (Å²) in [6.45, 7) is 5.97. The first-order valence-corrected chi connectivity index (χ1v) is 4.79. The average Bonchev–Trinajstić information content (AvgIpc) is 2.14. The predicted octanol–water partition coefficient (Wildman–Crippen LogP) is 2.68. The van der Waals surface area contributed by atoms with Crippen LogP contribution in [-0.2, 0) is 0 Å². The van der Waals surface area contributed by atoms with Crippen molar-refractivity contribution < 1.29 is 14.2 Å². The number of hydrogen-bond acceptors (Lipinski definition) is 3. The molecule has 3 heteroatoms. The van der Waals surface area contributed by atoms with Gasteiger partial charge < -0.3 is 14.2 Å². The molecule has 0 aliphatic carbocycles. The van der Waals surface area contributed by atoms with Crippen molar-refractivity contribution in [1.82, 2.24) is 0 Å². The van der Waals surface area contributed by atoms with E-state index in [1.165, 1.54) is 0 Å². The van der Waals surface area contributed by atoms with Gasteiger partial charge in [0, 0.05) is 12.1 Å². The van der Waals surface area contributed by atoms with Gasteiger partial charge >= 0.3 is 0 Å². The monoisotopic (exact) mass is 209 g/mol. The zero-order valence-electron chi connectivity index (χ0n) is 9.88. The minimum absolute atomic E-state index is 0.239. The summed E-state index contributed by atoms with van der Waals surface area (Å²) < 4.78 is 15.9. The summed E-state index contributed by atoms with van der Waals surface area (Å²) in [7, 11) is 3.18. The van der Waals surface area contributed by atoms with Crippen LogP contribution in [0.3, 0.4) is 0 Å². The fourth-order valence-electron chi connectivity index (χ4n) is 1.13. The van der Waals surface area contributed by atoms with Gasteiger partial charge in [-0.1, -0.05) is 0 Å². The van der Waals surface area contributed by atoms with Gasteiger partial charge in [0.2, 0.25) is 0 Å². The Hall–Kier alpha value is -1.38. The molecule has 1 rings (SSSR count). The minimum atomic E-state index is -0.239. The summed E-state index contributed by atoms with van der Waals surface area (Å²) in [5.41, 5.74) is -0.239. The van der Waals surface area contributed by atoms with Crippen LogP contribution in [0.1, 0.15) is 20.8 Å². The average molecular weight is 209 g/mol. The second kappa shape index (κ2) is 4.43. The molecule has 0 aliphatic rings. The Morgan fingerprint density at radius 3 is 1.80 bits per heavy atom. The molecule has 3 nitrogen and oxygen atoms in total. The normalized spacial score (nSPS) is 11.0. The van der Waals surface area contributed by atoms with Crippen LogP contribution in [0, 0.1) is 6.07 Å². The molecule has 1 radical (unpaired) electrons.